The first-order valence-corrected chi connectivity index (χ1v) is 7.26. The van der Waals surface area contributed by atoms with Crippen LogP contribution in [0.1, 0.15) is 36.0 Å². The number of nitrogens with one attached hydrogen (secondary N) is 1. The molecule has 2 rings (SSSR count). The van der Waals surface area contributed by atoms with E-state index in [4.69, 9.17) is 23.2 Å². The molecule has 0 bridgehead atoms. The van der Waals surface area contributed by atoms with Gasteiger partial charge in [0.1, 0.15) is 5.82 Å². The molecule has 2 nitrogen and oxygen atoms in total. The zero-order valence-electron chi connectivity index (χ0n) is 10.5. The highest BCUT2D eigenvalue weighted by Crippen LogP contribution is 2.28. The van der Waals surface area contributed by atoms with Gasteiger partial charge >= 0.3 is 0 Å². The number of halogens is 3. The van der Waals surface area contributed by atoms with Crippen molar-refractivity contribution in [3.63, 3.8) is 0 Å². The molecule has 1 amide bonds. The fraction of sp³-hybridized carbons (Fsp3) is 0.500. The van der Waals surface area contributed by atoms with Crippen LogP contribution in [0.15, 0.2) is 18.2 Å². The minimum absolute atomic E-state index is 0.0182. The smallest absolute Gasteiger partial charge is 0.251 e. The Morgan fingerprint density at radius 2 is 2.11 bits per heavy atom. The van der Waals surface area contributed by atoms with Crippen molar-refractivity contribution in [1.29, 1.82) is 0 Å². The van der Waals surface area contributed by atoms with E-state index < -0.39 is 5.82 Å². The lowest BCUT2D eigenvalue weighted by molar-refractivity contribution is 0.0943. The van der Waals surface area contributed by atoms with Crippen LogP contribution in [0.2, 0.25) is 5.02 Å². The number of hydrogen-bond acceptors (Lipinski definition) is 1. The van der Waals surface area contributed by atoms with E-state index in [0.717, 1.165) is 31.7 Å². The Bertz CT molecular complexity index is 467. The van der Waals surface area contributed by atoms with Crippen LogP contribution in [-0.4, -0.2) is 17.8 Å². The van der Waals surface area contributed by atoms with Crippen molar-refractivity contribution in [3.05, 3.63) is 34.6 Å². The summed E-state index contributed by atoms with van der Waals surface area (Å²) in [6.07, 6.45) is 4.33. The van der Waals surface area contributed by atoms with Crippen molar-refractivity contribution in [3.8, 4) is 0 Å². The molecule has 2 unspecified atom stereocenters. The van der Waals surface area contributed by atoms with Gasteiger partial charge in [0, 0.05) is 17.5 Å². The van der Waals surface area contributed by atoms with Crippen LogP contribution in [0, 0.1) is 11.7 Å². The molecule has 1 aromatic carbocycles. The van der Waals surface area contributed by atoms with Gasteiger partial charge in [-0.2, -0.15) is 0 Å². The number of alkyl halides is 1. The lowest BCUT2D eigenvalue weighted by Gasteiger charge is -2.27. The second kappa shape index (κ2) is 6.58. The van der Waals surface area contributed by atoms with Crippen LogP contribution in [-0.2, 0) is 0 Å². The van der Waals surface area contributed by atoms with Crippen molar-refractivity contribution in [2.45, 2.75) is 31.1 Å². The second-order valence-electron chi connectivity index (χ2n) is 4.90. The Morgan fingerprint density at radius 1 is 1.37 bits per heavy atom. The summed E-state index contributed by atoms with van der Waals surface area (Å²) in [6.45, 7) is 0.539. The van der Waals surface area contributed by atoms with Gasteiger partial charge in [0.25, 0.3) is 5.91 Å². The quantitative estimate of drug-likeness (QED) is 0.840. The van der Waals surface area contributed by atoms with Crippen LogP contribution in [0.3, 0.4) is 0 Å². The minimum Gasteiger partial charge on any atom is -0.352 e. The summed E-state index contributed by atoms with van der Waals surface area (Å²) in [7, 11) is 0. The highest BCUT2D eigenvalue weighted by atomic mass is 35.5. The van der Waals surface area contributed by atoms with Crippen molar-refractivity contribution in [2.75, 3.05) is 6.54 Å². The summed E-state index contributed by atoms with van der Waals surface area (Å²) in [5, 5.41) is 2.95. The third-order valence-electron chi connectivity index (χ3n) is 3.52. The second-order valence-corrected chi connectivity index (χ2v) is 5.87. The van der Waals surface area contributed by atoms with E-state index in [9.17, 15) is 9.18 Å². The predicted octanol–water partition coefficient (Wildman–Crippen LogP) is 4.01. The van der Waals surface area contributed by atoms with E-state index in [1.54, 1.807) is 0 Å². The van der Waals surface area contributed by atoms with Gasteiger partial charge in [0.05, 0.1) is 5.02 Å². The van der Waals surface area contributed by atoms with Crippen LogP contribution < -0.4 is 5.32 Å². The summed E-state index contributed by atoms with van der Waals surface area (Å²) in [6, 6.07) is 4.05. The van der Waals surface area contributed by atoms with Crippen molar-refractivity contribution < 1.29 is 9.18 Å². The zero-order chi connectivity index (χ0) is 13.8. The number of carbonyl (C=O) groups is 1. The van der Waals surface area contributed by atoms with Crippen LogP contribution in [0.25, 0.3) is 0 Å². The highest BCUT2D eigenvalue weighted by Gasteiger charge is 2.23. The molecule has 0 saturated heterocycles. The third-order valence-corrected chi connectivity index (χ3v) is 4.40. The molecule has 104 valence electrons. The van der Waals surface area contributed by atoms with E-state index >= 15 is 0 Å². The lowest BCUT2D eigenvalue weighted by Crippen LogP contribution is -2.34. The van der Waals surface area contributed by atoms with Crippen LogP contribution >= 0.6 is 23.2 Å². The Hall–Kier alpha value is -0.800. The van der Waals surface area contributed by atoms with Gasteiger partial charge < -0.3 is 5.32 Å². The van der Waals surface area contributed by atoms with E-state index in [1.807, 2.05) is 0 Å². The average molecular weight is 304 g/mol. The van der Waals surface area contributed by atoms with Gasteiger partial charge in [0.2, 0.25) is 0 Å². The molecular weight excluding hydrogens is 288 g/mol. The van der Waals surface area contributed by atoms with Gasteiger partial charge in [-0.25, -0.2) is 4.39 Å². The first-order valence-electron chi connectivity index (χ1n) is 6.45. The van der Waals surface area contributed by atoms with Crippen LogP contribution in [0.5, 0.6) is 0 Å². The Balaban J connectivity index is 1.91. The molecule has 0 heterocycles. The topological polar surface area (TPSA) is 29.1 Å². The van der Waals surface area contributed by atoms with Gasteiger partial charge in [-0.3, -0.25) is 4.79 Å². The van der Waals surface area contributed by atoms with E-state index in [2.05, 4.69) is 5.32 Å². The number of amides is 1. The average Bonchev–Trinajstić information content (AvgIpc) is 2.40. The number of carbonyl (C=O) groups excluding carboxylic acids is 1. The molecule has 1 aromatic rings. The summed E-state index contributed by atoms with van der Waals surface area (Å²) in [5.74, 6) is -0.566. The standard InChI is InChI=1S/C14H16Cl2FNO/c15-11-4-2-1-3-10(11)8-18-14(19)9-5-6-12(16)13(17)7-9/h5-7,10-11H,1-4,8H2,(H,18,19). The third kappa shape index (κ3) is 3.83. The molecule has 1 fully saturated rings. The van der Waals surface area contributed by atoms with E-state index in [-0.39, 0.29) is 21.9 Å². The van der Waals surface area contributed by atoms with Crippen molar-refractivity contribution in [1.82, 2.24) is 5.32 Å². The number of hydrogen-bond donors (Lipinski definition) is 1. The Kier molecular flexibility index (Phi) is 5.06. The zero-order valence-corrected chi connectivity index (χ0v) is 12.0. The maximum Gasteiger partial charge on any atom is 0.251 e. The largest absolute Gasteiger partial charge is 0.352 e. The Morgan fingerprint density at radius 3 is 2.79 bits per heavy atom. The first kappa shape index (κ1) is 14.6. The van der Waals surface area contributed by atoms with Gasteiger partial charge in [-0.05, 0) is 37.0 Å². The summed E-state index contributed by atoms with van der Waals surface area (Å²) < 4.78 is 13.3. The molecule has 1 aliphatic rings. The monoisotopic (exact) mass is 303 g/mol. The molecule has 1 aliphatic carbocycles. The molecule has 1 N–H and O–H groups in total. The SMILES string of the molecule is O=C(NCC1CCCCC1Cl)c1ccc(Cl)c(F)c1. The highest BCUT2D eigenvalue weighted by molar-refractivity contribution is 6.30. The van der Waals surface area contributed by atoms with Crippen LogP contribution in [0.4, 0.5) is 4.39 Å². The molecule has 2 atom stereocenters. The maximum absolute atomic E-state index is 13.3. The van der Waals surface area contributed by atoms with Gasteiger partial charge in [-0.15, -0.1) is 11.6 Å². The lowest BCUT2D eigenvalue weighted by atomic mass is 9.88. The maximum atomic E-state index is 13.3. The Labute approximate surface area is 122 Å². The molecule has 5 heteroatoms. The van der Waals surface area contributed by atoms with Crippen molar-refractivity contribution in [2.24, 2.45) is 5.92 Å². The predicted molar refractivity (Wildman–Crippen MR) is 75.3 cm³/mol. The molecule has 0 spiro atoms. The number of rotatable bonds is 3. The van der Waals surface area contributed by atoms with E-state index in [0.29, 0.717) is 12.5 Å². The fourth-order valence-electron chi connectivity index (χ4n) is 2.36. The van der Waals surface area contributed by atoms with Gasteiger partial charge in [-0.1, -0.05) is 24.4 Å². The fourth-order valence-corrected chi connectivity index (χ4v) is 2.84. The van der Waals surface area contributed by atoms with Gasteiger partial charge in [0.15, 0.2) is 0 Å². The molecule has 0 aromatic heterocycles. The molecule has 0 aliphatic heterocycles. The minimum atomic E-state index is -0.581. The molecule has 0 radical (unpaired) electrons. The first-order chi connectivity index (χ1) is 9.08. The summed E-state index contributed by atoms with van der Waals surface area (Å²) >= 11 is 11.8. The van der Waals surface area contributed by atoms with E-state index in [1.165, 1.54) is 12.1 Å². The molecule has 1 saturated carbocycles. The molecule has 19 heavy (non-hydrogen) atoms. The summed E-state index contributed by atoms with van der Waals surface area (Å²) in [4.78, 5) is 11.9. The van der Waals surface area contributed by atoms with Crippen molar-refractivity contribution >= 4 is 29.1 Å². The number of benzene rings is 1. The normalized spacial score (nSPS) is 23.1. The summed E-state index contributed by atoms with van der Waals surface area (Å²) in [5.41, 5.74) is 0.281. The molecular formula is C14H16Cl2FNO.